The van der Waals surface area contributed by atoms with E-state index in [0.29, 0.717) is 37.7 Å². The minimum atomic E-state index is -4.39. The lowest BCUT2D eigenvalue weighted by molar-refractivity contribution is -0.137. The summed E-state index contributed by atoms with van der Waals surface area (Å²) < 4.78 is 38.8. The predicted octanol–water partition coefficient (Wildman–Crippen LogP) is 2.74. The van der Waals surface area contributed by atoms with Crippen molar-refractivity contribution in [2.24, 2.45) is 5.92 Å². The van der Waals surface area contributed by atoms with Crippen molar-refractivity contribution in [2.45, 2.75) is 32.0 Å². The standard InChI is InChI=1S/C14H20F3N3O/c1-3-18-12-6-10(14(15,16)17)7-13(19-12)20(2)8-9-4-11(21)5-9/h6-7,9,11,21H,3-5,8H2,1-2H3,(H,18,19). The van der Waals surface area contributed by atoms with E-state index < -0.39 is 11.7 Å². The van der Waals surface area contributed by atoms with Crippen molar-refractivity contribution in [3.8, 4) is 0 Å². The summed E-state index contributed by atoms with van der Waals surface area (Å²) in [5.74, 6) is 0.828. The first kappa shape index (κ1) is 15.9. The summed E-state index contributed by atoms with van der Waals surface area (Å²) in [5, 5.41) is 12.1. The van der Waals surface area contributed by atoms with Crippen molar-refractivity contribution in [3.05, 3.63) is 17.7 Å². The first-order valence-electron chi connectivity index (χ1n) is 7.02. The molecule has 1 heterocycles. The fourth-order valence-electron chi connectivity index (χ4n) is 2.48. The van der Waals surface area contributed by atoms with Gasteiger partial charge in [-0.2, -0.15) is 13.2 Å². The molecule has 0 unspecified atom stereocenters. The number of anilines is 2. The number of aliphatic hydroxyl groups excluding tert-OH is 1. The van der Waals surface area contributed by atoms with Gasteiger partial charge in [0.05, 0.1) is 11.7 Å². The van der Waals surface area contributed by atoms with Crippen molar-refractivity contribution in [2.75, 3.05) is 30.4 Å². The maximum atomic E-state index is 12.9. The normalized spacial score (nSPS) is 21.8. The zero-order valence-corrected chi connectivity index (χ0v) is 12.1. The van der Waals surface area contributed by atoms with Crippen LogP contribution in [0.5, 0.6) is 0 Å². The molecule has 0 spiro atoms. The van der Waals surface area contributed by atoms with Gasteiger partial charge in [0.25, 0.3) is 0 Å². The van der Waals surface area contributed by atoms with Crippen molar-refractivity contribution in [1.82, 2.24) is 4.98 Å². The largest absolute Gasteiger partial charge is 0.416 e. The van der Waals surface area contributed by atoms with E-state index in [9.17, 15) is 18.3 Å². The topological polar surface area (TPSA) is 48.4 Å². The molecular formula is C14H20F3N3O. The van der Waals surface area contributed by atoms with E-state index in [1.165, 1.54) is 0 Å². The van der Waals surface area contributed by atoms with E-state index in [1.807, 2.05) is 0 Å². The highest BCUT2D eigenvalue weighted by atomic mass is 19.4. The van der Waals surface area contributed by atoms with Crippen LogP contribution in [0.2, 0.25) is 0 Å². The molecule has 1 aliphatic carbocycles. The Morgan fingerprint density at radius 1 is 1.38 bits per heavy atom. The lowest BCUT2D eigenvalue weighted by atomic mass is 9.82. The van der Waals surface area contributed by atoms with E-state index in [1.54, 1.807) is 18.9 Å². The smallest absolute Gasteiger partial charge is 0.393 e. The SMILES string of the molecule is CCNc1cc(C(F)(F)F)cc(N(C)CC2CC(O)C2)n1. The van der Waals surface area contributed by atoms with E-state index >= 15 is 0 Å². The van der Waals surface area contributed by atoms with E-state index in [0.717, 1.165) is 12.1 Å². The van der Waals surface area contributed by atoms with Crippen LogP contribution in [-0.2, 0) is 6.18 Å². The van der Waals surface area contributed by atoms with Crippen LogP contribution in [0.1, 0.15) is 25.3 Å². The van der Waals surface area contributed by atoms with Gasteiger partial charge in [-0.3, -0.25) is 0 Å². The molecule has 7 heteroatoms. The van der Waals surface area contributed by atoms with Gasteiger partial charge >= 0.3 is 6.18 Å². The van der Waals surface area contributed by atoms with Gasteiger partial charge in [-0.15, -0.1) is 0 Å². The number of rotatable bonds is 5. The summed E-state index contributed by atoms with van der Waals surface area (Å²) in [5.41, 5.74) is -0.705. The Morgan fingerprint density at radius 3 is 2.57 bits per heavy atom. The third-order valence-corrected chi connectivity index (χ3v) is 3.63. The molecule has 1 fully saturated rings. The highest BCUT2D eigenvalue weighted by Gasteiger charge is 2.33. The Morgan fingerprint density at radius 2 is 2.05 bits per heavy atom. The van der Waals surface area contributed by atoms with Crippen molar-refractivity contribution >= 4 is 11.6 Å². The predicted molar refractivity (Wildman–Crippen MR) is 75.4 cm³/mol. The number of aliphatic hydroxyl groups is 1. The van der Waals surface area contributed by atoms with E-state index in [2.05, 4.69) is 10.3 Å². The molecule has 1 aromatic heterocycles. The van der Waals surface area contributed by atoms with Crippen LogP contribution in [0.25, 0.3) is 0 Å². The average molecular weight is 303 g/mol. The van der Waals surface area contributed by atoms with Crippen LogP contribution >= 0.6 is 0 Å². The minimum absolute atomic E-state index is 0.225. The number of aromatic nitrogens is 1. The number of halogens is 3. The second kappa shape index (κ2) is 6.09. The zero-order valence-electron chi connectivity index (χ0n) is 12.1. The molecule has 4 nitrogen and oxygen atoms in total. The molecule has 1 saturated carbocycles. The van der Waals surface area contributed by atoms with Gasteiger partial charge in [0, 0.05) is 20.1 Å². The highest BCUT2D eigenvalue weighted by molar-refractivity contribution is 5.51. The Kier molecular flexibility index (Phi) is 4.61. The van der Waals surface area contributed by atoms with Gasteiger partial charge in [0.15, 0.2) is 0 Å². The van der Waals surface area contributed by atoms with Gasteiger partial charge in [-0.1, -0.05) is 0 Å². The van der Waals surface area contributed by atoms with Crippen LogP contribution < -0.4 is 10.2 Å². The van der Waals surface area contributed by atoms with Crippen LogP contribution in [0.3, 0.4) is 0 Å². The lowest BCUT2D eigenvalue weighted by Crippen LogP contribution is -2.37. The second-order valence-electron chi connectivity index (χ2n) is 5.50. The Bertz CT molecular complexity index is 487. The molecule has 0 aromatic carbocycles. The Hall–Kier alpha value is -1.50. The van der Waals surface area contributed by atoms with Crippen molar-refractivity contribution < 1.29 is 18.3 Å². The van der Waals surface area contributed by atoms with Crippen LogP contribution in [0, 0.1) is 5.92 Å². The third kappa shape index (κ3) is 4.00. The quantitative estimate of drug-likeness (QED) is 0.878. The molecule has 1 aromatic rings. The molecule has 0 radical (unpaired) electrons. The van der Waals surface area contributed by atoms with Gasteiger partial charge < -0.3 is 15.3 Å². The molecule has 118 valence electrons. The molecular weight excluding hydrogens is 283 g/mol. The summed E-state index contributed by atoms with van der Waals surface area (Å²) >= 11 is 0. The molecule has 21 heavy (non-hydrogen) atoms. The van der Waals surface area contributed by atoms with Crippen molar-refractivity contribution in [3.63, 3.8) is 0 Å². The summed E-state index contributed by atoms with van der Waals surface area (Å²) in [6.45, 7) is 2.91. The monoisotopic (exact) mass is 303 g/mol. The average Bonchev–Trinajstić information content (AvgIpc) is 2.36. The summed E-state index contributed by atoms with van der Waals surface area (Å²) in [6, 6.07) is 2.09. The minimum Gasteiger partial charge on any atom is -0.393 e. The maximum Gasteiger partial charge on any atom is 0.416 e. The fraction of sp³-hybridized carbons (Fsp3) is 0.643. The van der Waals surface area contributed by atoms with E-state index in [-0.39, 0.29) is 11.9 Å². The van der Waals surface area contributed by atoms with Gasteiger partial charge in [0.2, 0.25) is 0 Å². The van der Waals surface area contributed by atoms with Gasteiger partial charge in [-0.25, -0.2) is 4.98 Å². The van der Waals surface area contributed by atoms with Crippen LogP contribution in [-0.4, -0.2) is 36.3 Å². The van der Waals surface area contributed by atoms with E-state index in [4.69, 9.17) is 0 Å². The summed E-state index contributed by atoms with van der Waals surface area (Å²) in [6.07, 6.45) is -3.27. The van der Waals surface area contributed by atoms with Gasteiger partial charge in [-0.05, 0) is 37.8 Å². The number of nitrogens with one attached hydrogen (secondary N) is 1. The molecule has 2 N–H and O–H groups in total. The number of hydrogen-bond acceptors (Lipinski definition) is 4. The highest BCUT2D eigenvalue weighted by Crippen LogP contribution is 2.34. The molecule has 0 aliphatic heterocycles. The van der Waals surface area contributed by atoms with Gasteiger partial charge in [0.1, 0.15) is 11.6 Å². The zero-order chi connectivity index (χ0) is 15.6. The number of nitrogens with zero attached hydrogens (tertiary/aromatic N) is 2. The van der Waals surface area contributed by atoms with Crippen molar-refractivity contribution in [1.29, 1.82) is 0 Å². The number of alkyl halides is 3. The Balaban J connectivity index is 2.18. The fourth-order valence-corrected chi connectivity index (χ4v) is 2.48. The summed E-state index contributed by atoms with van der Waals surface area (Å²) in [7, 11) is 1.73. The first-order chi connectivity index (χ1) is 9.79. The molecule has 0 amide bonds. The number of pyridine rings is 1. The molecule has 0 saturated heterocycles. The molecule has 2 rings (SSSR count). The third-order valence-electron chi connectivity index (χ3n) is 3.63. The molecule has 0 bridgehead atoms. The maximum absolute atomic E-state index is 12.9. The number of hydrogen-bond donors (Lipinski definition) is 2. The Labute approximate surface area is 122 Å². The first-order valence-corrected chi connectivity index (χ1v) is 7.02. The lowest BCUT2D eigenvalue weighted by Gasteiger charge is -2.35. The summed E-state index contributed by atoms with van der Waals surface area (Å²) in [4.78, 5) is 5.93. The van der Waals surface area contributed by atoms with Crippen LogP contribution in [0.4, 0.5) is 24.8 Å². The second-order valence-corrected chi connectivity index (χ2v) is 5.50. The molecule has 1 aliphatic rings. The van der Waals surface area contributed by atoms with Crippen LogP contribution in [0.15, 0.2) is 12.1 Å². The molecule has 0 atom stereocenters.